The van der Waals surface area contributed by atoms with Crippen molar-refractivity contribution in [1.29, 1.82) is 0 Å². The molecule has 0 bridgehead atoms. The second-order valence-electron chi connectivity index (χ2n) is 6.23. The minimum absolute atomic E-state index is 0.0669. The van der Waals surface area contributed by atoms with E-state index in [0.717, 1.165) is 6.42 Å². The minimum atomic E-state index is -0.199. The lowest BCUT2D eigenvalue weighted by molar-refractivity contribution is 0.324. The summed E-state index contributed by atoms with van der Waals surface area (Å²) in [6.07, 6.45) is 6.01. The van der Waals surface area contributed by atoms with E-state index in [-0.39, 0.29) is 23.8 Å². The van der Waals surface area contributed by atoms with E-state index in [1.54, 1.807) is 12.2 Å². The molecule has 0 saturated heterocycles. The Kier molecular flexibility index (Phi) is 8.71. The van der Waals surface area contributed by atoms with E-state index < -0.39 is 0 Å². The van der Waals surface area contributed by atoms with Gasteiger partial charge in [0.15, 0.2) is 0 Å². The third-order valence-electron chi connectivity index (χ3n) is 3.08. The summed E-state index contributed by atoms with van der Waals surface area (Å²) in [4.78, 5) is 29.2. The molecule has 2 unspecified atom stereocenters. The Labute approximate surface area is 122 Å². The van der Waals surface area contributed by atoms with Crippen molar-refractivity contribution < 1.29 is 9.59 Å². The molecule has 0 fully saturated rings. The van der Waals surface area contributed by atoms with Crippen molar-refractivity contribution in [2.75, 3.05) is 0 Å². The van der Waals surface area contributed by atoms with E-state index in [0.29, 0.717) is 11.6 Å². The maximum absolute atomic E-state index is 10.7. The third-order valence-corrected chi connectivity index (χ3v) is 3.08. The number of isocyanates is 2. The first kappa shape index (κ1) is 18.5. The Balaban J connectivity index is 5.65. The van der Waals surface area contributed by atoms with Gasteiger partial charge in [0.05, 0.1) is 11.7 Å². The van der Waals surface area contributed by atoms with Crippen molar-refractivity contribution >= 4 is 12.2 Å². The number of carbonyl (C=O) groups excluding carboxylic acids is 2. The predicted molar refractivity (Wildman–Crippen MR) is 80.7 cm³/mol. The molecular formula is C16H26N2O2. The monoisotopic (exact) mass is 278 g/mol. The van der Waals surface area contributed by atoms with Gasteiger partial charge in [0.25, 0.3) is 0 Å². The van der Waals surface area contributed by atoms with E-state index in [4.69, 9.17) is 0 Å². The first-order valence-corrected chi connectivity index (χ1v) is 7.20. The summed E-state index contributed by atoms with van der Waals surface area (Å²) in [5.74, 6) is 0.822. The zero-order chi connectivity index (χ0) is 15.7. The van der Waals surface area contributed by atoms with Crippen molar-refractivity contribution in [2.24, 2.45) is 33.7 Å². The normalized spacial score (nSPS) is 14.9. The van der Waals surface area contributed by atoms with Crippen molar-refractivity contribution in [2.45, 2.75) is 54.0 Å². The molecule has 112 valence electrons. The lowest BCUT2D eigenvalue weighted by atomic mass is 9.81. The molecule has 0 radical (unpaired) electrons. The highest BCUT2D eigenvalue weighted by molar-refractivity contribution is 5.38. The van der Waals surface area contributed by atoms with Gasteiger partial charge in [0.1, 0.15) is 0 Å². The lowest BCUT2D eigenvalue weighted by Gasteiger charge is -2.28. The maximum Gasteiger partial charge on any atom is 0.240 e. The van der Waals surface area contributed by atoms with Crippen LogP contribution in [0, 0.1) is 23.7 Å². The van der Waals surface area contributed by atoms with E-state index in [9.17, 15) is 9.59 Å². The minimum Gasteiger partial charge on any atom is -0.211 e. The summed E-state index contributed by atoms with van der Waals surface area (Å²) in [5.41, 5.74) is 0.676. The highest BCUT2D eigenvalue weighted by Crippen LogP contribution is 2.31. The molecular weight excluding hydrogens is 252 g/mol. The summed E-state index contributed by atoms with van der Waals surface area (Å²) in [6, 6.07) is -0.199. The fraction of sp³-hybridized carbons (Fsp3) is 0.750. The number of allylic oxidation sites excluding steroid dienone is 1. The van der Waals surface area contributed by atoms with Crippen LogP contribution in [0.3, 0.4) is 0 Å². The highest BCUT2D eigenvalue weighted by atomic mass is 16.1. The molecule has 0 saturated carbocycles. The van der Waals surface area contributed by atoms with Gasteiger partial charge in [-0.1, -0.05) is 47.6 Å². The topological polar surface area (TPSA) is 58.9 Å². The van der Waals surface area contributed by atoms with Crippen LogP contribution < -0.4 is 0 Å². The van der Waals surface area contributed by atoms with Crippen LogP contribution in [-0.4, -0.2) is 18.2 Å². The fourth-order valence-corrected chi connectivity index (χ4v) is 2.43. The Morgan fingerprint density at radius 3 is 2.00 bits per heavy atom. The van der Waals surface area contributed by atoms with Crippen LogP contribution in [0.4, 0.5) is 0 Å². The van der Waals surface area contributed by atoms with Gasteiger partial charge in [-0.05, 0) is 24.2 Å². The Bertz CT molecular complexity index is 412. The van der Waals surface area contributed by atoms with Crippen LogP contribution in [0.1, 0.15) is 48.0 Å². The first-order valence-electron chi connectivity index (χ1n) is 7.20. The molecule has 0 aromatic heterocycles. The van der Waals surface area contributed by atoms with Crippen molar-refractivity contribution in [3.05, 3.63) is 11.8 Å². The third kappa shape index (κ3) is 6.60. The second kappa shape index (κ2) is 9.41. The molecule has 0 aromatic carbocycles. The smallest absolute Gasteiger partial charge is 0.211 e. The van der Waals surface area contributed by atoms with Gasteiger partial charge in [-0.3, -0.25) is 0 Å². The average Bonchev–Trinajstić information content (AvgIpc) is 2.27. The summed E-state index contributed by atoms with van der Waals surface area (Å²) in [5, 5.41) is 0. The highest BCUT2D eigenvalue weighted by Gasteiger charge is 2.29. The van der Waals surface area contributed by atoms with E-state index in [1.165, 1.54) is 0 Å². The standard InChI is InChI=1S/C16H26N2O2/c1-11(2)7-14(17-9-19)16(13(5)6)15(18-10-20)8-12(3)4/h7,11-13,15-16H,8H2,1-6H3. The molecule has 0 aromatic rings. The van der Waals surface area contributed by atoms with Crippen LogP contribution in [0.15, 0.2) is 21.8 Å². The maximum atomic E-state index is 10.7. The number of hydrogen-bond acceptors (Lipinski definition) is 4. The number of aliphatic imine (C=N–C) groups is 2. The summed E-state index contributed by atoms with van der Waals surface area (Å²) in [6.45, 7) is 12.3. The molecule has 2 atom stereocenters. The molecule has 4 nitrogen and oxygen atoms in total. The summed E-state index contributed by atoms with van der Waals surface area (Å²) >= 11 is 0. The first-order chi connectivity index (χ1) is 9.33. The predicted octanol–water partition coefficient (Wildman–Crippen LogP) is 3.88. The second-order valence-corrected chi connectivity index (χ2v) is 6.23. The Hall–Kier alpha value is -1.50. The molecule has 0 aliphatic rings. The zero-order valence-corrected chi connectivity index (χ0v) is 13.4. The van der Waals surface area contributed by atoms with Gasteiger partial charge < -0.3 is 0 Å². The largest absolute Gasteiger partial charge is 0.240 e. The van der Waals surface area contributed by atoms with Gasteiger partial charge in [0.2, 0.25) is 12.2 Å². The van der Waals surface area contributed by atoms with E-state index in [1.807, 2.05) is 33.8 Å². The van der Waals surface area contributed by atoms with Crippen molar-refractivity contribution in [1.82, 2.24) is 0 Å². The molecule has 0 aliphatic carbocycles. The molecule has 0 rings (SSSR count). The van der Waals surface area contributed by atoms with Gasteiger partial charge in [0, 0.05) is 5.92 Å². The molecule has 0 heterocycles. The zero-order valence-electron chi connectivity index (χ0n) is 13.4. The average molecular weight is 278 g/mol. The van der Waals surface area contributed by atoms with Gasteiger partial charge in [-0.15, -0.1) is 0 Å². The quantitative estimate of drug-likeness (QED) is 0.499. The van der Waals surface area contributed by atoms with Gasteiger partial charge >= 0.3 is 0 Å². The van der Waals surface area contributed by atoms with Crippen LogP contribution >= 0.6 is 0 Å². The summed E-state index contributed by atoms with van der Waals surface area (Å²) in [7, 11) is 0. The van der Waals surface area contributed by atoms with Crippen molar-refractivity contribution in [3.63, 3.8) is 0 Å². The SMILES string of the molecule is CC(C)C=C(N=C=O)C(C(C)C)C(CC(C)C)N=C=O. The molecule has 4 heteroatoms. The van der Waals surface area contributed by atoms with Crippen LogP contribution in [0.2, 0.25) is 0 Å². The fourth-order valence-electron chi connectivity index (χ4n) is 2.43. The van der Waals surface area contributed by atoms with Crippen LogP contribution in [0.25, 0.3) is 0 Å². The molecule has 0 amide bonds. The Morgan fingerprint density at radius 1 is 1.05 bits per heavy atom. The van der Waals surface area contributed by atoms with Crippen LogP contribution in [-0.2, 0) is 9.59 Å². The number of rotatable bonds is 8. The molecule has 0 spiro atoms. The Morgan fingerprint density at radius 2 is 1.65 bits per heavy atom. The van der Waals surface area contributed by atoms with Gasteiger partial charge in [-0.2, -0.15) is 4.99 Å². The van der Waals surface area contributed by atoms with E-state index in [2.05, 4.69) is 23.8 Å². The molecule has 20 heavy (non-hydrogen) atoms. The van der Waals surface area contributed by atoms with Gasteiger partial charge in [-0.25, -0.2) is 14.6 Å². The number of nitrogens with zero attached hydrogens (tertiary/aromatic N) is 2. The summed E-state index contributed by atoms with van der Waals surface area (Å²) < 4.78 is 0. The lowest BCUT2D eigenvalue weighted by Crippen LogP contribution is -2.27. The molecule has 0 N–H and O–H groups in total. The van der Waals surface area contributed by atoms with Crippen molar-refractivity contribution in [3.8, 4) is 0 Å². The van der Waals surface area contributed by atoms with E-state index >= 15 is 0 Å². The molecule has 0 aliphatic heterocycles. The number of hydrogen-bond donors (Lipinski definition) is 0. The van der Waals surface area contributed by atoms with Crippen LogP contribution in [0.5, 0.6) is 0 Å².